The van der Waals surface area contributed by atoms with Gasteiger partial charge in [-0.1, -0.05) is 11.6 Å². The Bertz CT molecular complexity index is 688. The van der Waals surface area contributed by atoms with E-state index in [4.69, 9.17) is 28.8 Å². The Morgan fingerprint density at radius 1 is 1.30 bits per heavy atom. The van der Waals surface area contributed by atoms with Crippen molar-refractivity contribution in [3.8, 4) is 5.69 Å². The van der Waals surface area contributed by atoms with Crippen LogP contribution >= 0.6 is 11.6 Å². The summed E-state index contributed by atoms with van der Waals surface area (Å²) in [7, 11) is 0. The second kappa shape index (κ2) is 5.57. The minimum Gasteiger partial charge on any atom is -0.370 e. The van der Waals surface area contributed by atoms with E-state index in [1.54, 1.807) is 6.20 Å². The summed E-state index contributed by atoms with van der Waals surface area (Å²) in [4.78, 5) is 7.51. The van der Waals surface area contributed by atoms with Crippen LogP contribution in [0, 0.1) is 5.82 Å². The van der Waals surface area contributed by atoms with Gasteiger partial charge >= 0.3 is 0 Å². The number of benzene rings is 1. The molecule has 104 valence electrons. The summed E-state index contributed by atoms with van der Waals surface area (Å²) in [5, 5.41) is 4.44. The van der Waals surface area contributed by atoms with Crippen LogP contribution in [0.15, 0.2) is 40.6 Å². The van der Waals surface area contributed by atoms with Gasteiger partial charge in [0.2, 0.25) is 5.96 Å². The summed E-state index contributed by atoms with van der Waals surface area (Å²) in [6.45, 7) is 0. The van der Waals surface area contributed by atoms with Crippen molar-refractivity contribution in [2.24, 2.45) is 27.2 Å². The van der Waals surface area contributed by atoms with Crippen molar-refractivity contribution in [3.05, 3.63) is 41.4 Å². The molecule has 0 amide bonds. The van der Waals surface area contributed by atoms with E-state index in [2.05, 4.69) is 15.1 Å². The maximum absolute atomic E-state index is 13.3. The van der Waals surface area contributed by atoms with Crippen molar-refractivity contribution in [3.63, 3.8) is 0 Å². The predicted octanol–water partition coefficient (Wildman–Crippen LogP) is 0.884. The van der Waals surface area contributed by atoms with Gasteiger partial charge in [-0.05, 0) is 12.1 Å². The van der Waals surface area contributed by atoms with Crippen molar-refractivity contribution >= 4 is 29.2 Å². The summed E-state index contributed by atoms with van der Waals surface area (Å²) in [6, 6.07) is 3.93. The molecule has 1 aromatic heterocycles. The summed E-state index contributed by atoms with van der Waals surface area (Å²) in [6.07, 6.45) is 2.99. The van der Waals surface area contributed by atoms with E-state index in [0.29, 0.717) is 10.7 Å². The van der Waals surface area contributed by atoms with Crippen LogP contribution in [-0.2, 0) is 0 Å². The molecule has 0 aliphatic carbocycles. The van der Waals surface area contributed by atoms with Crippen LogP contribution in [0.1, 0.15) is 0 Å². The third-order valence-corrected chi connectivity index (χ3v) is 2.41. The summed E-state index contributed by atoms with van der Waals surface area (Å²) >= 11 is 5.80. The van der Waals surface area contributed by atoms with Gasteiger partial charge in [0.05, 0.1) is 22.6 Å². The molecule has 2 aromatic rings. The van der Waals surface area contributed by atoms with Gasteiger partial charge in [0.15, 0.2) is 5.96 Å². The standard InChI is InChI=1S/C11H11ClFN7/c12-6-4-17-20(5-6)9-2-1-7(13)3-8(9)18-11(16)19-10(14)15/h1-5H,(H6,14,15,16,18,19). The lowest BCUT2D eigenvalue weighted by Crippen LogP contribution is -2.26. The minimum absolute atomic E-state index is 0.199. The number of guanidine groups is 2. The molecule has 1 heterocycles. The van der Waals surface area contributed by atoms with Crippen molar-refractivity contribution in [2.75, 3.05) is 0 Å². The van der Waals surface area contributed by atoms with Crippen LogP contribution in [0.2, 0.25) is 5.02 Å². The number of aliphatic imine (C=N–C) groups is 2. The molecule has 0 spiro atoms. The number of rotatable bonds is 2. The SMILES string of the molecule is NC(N)=NC(N)=Nc1cc(F)ccc1-n1cc(Cl)cn1. The Morgan fingerprint density at radius 2 is 2.05 bits per heavy atom. The molecule has 0 fully saturated rings. The minimum atomic E-state index is -0.483. The number of hydrogen-bond acceptors (Lipinski definition) is 2. The zero-order valence-electron chi connectivity index (χ0n) is 10.2. The number of aromatic nitrogens is 2. The quantitative estimate of drug-likeness (QED) is 0.562. The van der Waals surface area contributed by atoms with Crippen LogP contribution in [0.3, 0.4) is 0 Å². The third-order valence-electron chi connectivity index (χ3n) is 2.21. The van der Waals surface area contributed by atoms with Gasteiger partial charge < -0.3 is 17.2 Å². The van der Waals surface area contributed by atoms with E-state index in [0.717, 1.165) is 0 Å². The van der Waals surface area contributed by atoms with Crippen LogP contribution < -0.4 is 17.2 Å². The maximum Gasteiger partial charge on any atom is 0.223 e. The molecule has 1 aromatic carbocycles. The summed E-state index contributed by atoms with van der Waals surface area (Å²) in [5.74, 6) is -0.926. The molecule has 0 saturated carbocycles. The van der Waals surface area contributed by atoms with Crippen molar-refractivity contribution in [1.82, 2.24) is 9.78 Å². The lowest BCUT2D eigenvalue weighted by molar-refractivity contribution is 0.627. The topological polar surface area (TPSA) is 121 Å². The van der Waals surface area contributed by atoms with E-state index in [9.17, 15) is 4.39 Å². The van der Waals surface area contributed by atoms with Gasteiger partial charge in [-0.15, -0.1) is 0 Å². The normalized spacial score (nSPS) is 11.4. The molecule has 7 nitrogen and oxygen atoms in total. The first-order chi connectivity index (χ1) is 9.45. The van der Waals surface area contributed by atoms with Gasteiger partial charge in [0.1, 0.15) is 5.82 Å². The third kappa shape index (κ3) is 3.23. The van der Waals surface area contributed by atoms with Gasteiger partial charge in [-0.3, -0.25) is 0 Å². The number of hydrogen-bond donors (Lipinski definition) is 3. The average Bonchev–Trinajstić information content (AvgIpc) is 2.74. The number of halogens is 2. The highest BCUT2D eigenvalue weighted by molar-refractivity contribution is 6.30. The predicted molar refractivity (Wildman–Crippen MR) is 75.6 cm³/mol. The molecule has 9 heteroatoms. The lowest BCUT2D eigenvalue weighted by atomic mass is 10.2. The molecule has 0 bridgehead atoms. The fourth-order valence-electron chi connectivity index (χ4n) is 1.49. The Hall–Kier alpha value is -2.61. The fraction of sp³-hybridized carbons (Fsp3) is 0. The highest BCUT2D eigenvalue weighted by Crippen LogP contribution is 2.25. The average molecular weight is 296 g/mol. The second-order valence-electron chi connectivity index (χ2n) is 3.74. The number of nitrogens with two attached hydrogens (primary N) is 3. The zero-order valence-corrected chi connectivity index (χ0v) is 10.9. The fourth-order valence-corrected chi connectivity index (χ4v) is 1.63. The lowest BCUT2D eigenvalue weighted by Gasteiger charge is -2.06. The Labute approximate surface area is 118 Å². The molecule has 20 heavy (non-hydrogen) atoms. The highest BCUT2D eigenvalue weighted by Gasteiger charge is 2.08. The first-order valence-electron chi connectivity index (χ1n) is 5.39. The van der Waals surface area contributed by atoms with Crippen molar-refractivity contribution in [1.29, 1.82) is 0 Å². The maximum atomic E-state index is 13.3. The smallest absolute Gasteiger partial charge is 0.223 e. The van der Waals surface area contributed by atoms with Crippen molar-refractivity contribution in [2.45, 2.75) is 0 Å². The molecule has 0 unspecified atom stereocenters. The molecular formula is C11H11ClFN7. The highest BCUT2D eigenvalue weighted by atomic mass is 35.5. The largest absolute Gasteiger partial charge is 0.370 e. The second-order valence-corrected chi connectivity index (χ2v) is 4.18. The van der Waals surface area contributed by atoms with Crippen LogP contribution in [0.4, 0.5) is 10.1 Å². The molecule has 0 aliphatic heterocycles. The Balaban J connectivity index is 2.52. The van der Waals surface area contributed by atoms with E-state index < -0.39 is 5.82 Å². The molecular weight excluding hydrogens is 285 g/mol. The zero-order chi connectivity index (χ0) is 14.7. The first-order valence-corrected chi connectivity index (χ1v) is 5.77. The van der Waals surface area contributed by atoms with Crippen LogP contribution in [-0.4, -0.2) is 21.7 Å². The van der Waals surface area contributed by atoms with E-state index >= 15 is 0 Å². The number of nitrogens with zero attached hydrogens (tertiary/aromatic N) is 4. The molecule has 0 saturated heterocycles. The molecule has 0 radical (unpaired) electrons. The molecule has 0 aliphatic rings. The van der Waals surface area contributed by atoms with Gasteiger partial charge in [0.25, 0.3) is 0 Å². The van der Waals surface area contributed by atoms with E-state index in [-0.39, 0.29) is 17.6 Å². The molecule has 0 atom stereocenters. The Morgan fingerprint density at radius 3 is 2.65 bits per heavy atom. The monoisotopic (exact) mass is 295 g/mol. The Kier molecular flexibility index (Phi) is 3.85. The van der Waals surface area contributed by atoms with Crippen LogP contribution in [0.5, 0.6) is 0 Å². The first kappa shape index (κ1) is 13.8. The van der Waals surface area contributed by atoms with Crippen LogP contribution in [0.25, 0.3) is 5.69 Å². The van der Waals surface area contributed by atoms with Gasteiger partial charge in [0, 0.05) is 12.3 Å². The van der Waals surface area contributed by atoms with Gasteiger partial charge in [-0.2, -0.15) is 10.1 Å². The van der Waals surface area contributed by atoms with E-state index in [1.807, 2.05) is 0 Å². The summed E-state index contributed by atoms with van der Waals surface area (Å²) < 4.78 is 14.8. The van der Waals surface area contributed by atoms with Crippen molar-refractivity contribution < 1.29 is 4.39 Å². The molecule has 2 rings (SSSR count). The van der Waals surface area contributed by atoms with Gasteiger partial charge in [-0.25, -0.2) is 14.1 Å². The van der Waals surface area contributed by atoms with E-state index in [1.165, 1.54) is 29.1 Å². The molecule has 6 N–H and O–H groups in total. The summed E-state index contributed by atoms with van der Waals surface area (Å²) in [5.41, 5.74) is 16.6.